The van der Waals surface area contributed by atoms with Gasteiger partial charge in [0.15, 0.2) is 0 Å². The number of nitrogens with one attached hydrogen (secondary N) is 2. The molecule has 0 saturated heterocycles. The number of benzene rings is 1. The molecule has 0 unspecified atom stereocenters. The monoisotopic (exact) mass is 522 g/mol. The number of hydrogen-bond donors (Lipinski definition) is 2. The van der Waals surface area contributed by atoms with Gasteiger partial charge in [-0.1, -0.05) is 36.7 Å². The molecule has 5 heteroatoms. The predicted octanol–water partition coefficient (Wildman–Crippen LogP) is 7.52. The molecule has 34 heavy (non-hydrogen) atoms. The van der Waals surface area contributed by atoms with Crippen molar-refractivity contribution in [3.63, 3.8) is 0 Å². The van der Waals surface area contributed by atoms with E-state index in [1.807, 2.05) is 0 Å². The van der Waals surface area contributed by atoms with Crippen LogP contribution in [0.5, 0.6) is 0 Å². The lowest BCUT2D eigenvalue weighted by atomic mass is 9.83. The van der Waals surface area contributed by atoms with E-state index in [4.69, 9.17) is 9.97 Å². The highest BCUT2D eigenvalue weighted by Gasteiger charge is 2.21. The summed E-state index contributed by atoms with van der Waals surface area (Å²) >= 11 is 3.82. The lowest BCUT2D eigenvalue weighted by Crippen LogP contribution is -2.17. The lowest BCUT2D eigenvalue weighted by Gasteiger charge is -2.26. The number of nitrogens with zero attached hydrogens (tertiary/aromatic N) is 2. The lowest BCUT2D eigenvalue weighted by molar-refractivity contribution is 0.897. The molecule has 1 aromatic carbocycles. The molecule has 0 aliphatic heterocycles. The van der Waals surface area contributed by atoms with Gasteiger partial charge in [0.25, 0.3) is 0 Å². The van der Waals surface area contributed by atoms with E-state index in [-0.39, 0.29) is 0 Å². The van der Waals surface area contributed by atoms with E-state index in [1.165, 1.54) is 44.5 Å². The molecular formula is C29H39BrN4. The maximum atomic E-state index is 4.71. The Bertz CT molecular complexity index is 1030. The van der Waals surface area contributed by atoms with Crippen molar-refractivity contribution in [1.29, 1.82) is 0 Å². The number of hydrogen-bond acceptors (Lipinski definition) is 4. The normalized spacial score (nSPS) is 11.1. The third kappa shape index (κ3) is 5.99. The molecule has 0 aliphatic carbocycles. The Hall–Kier alpha value is -2.40. The van der Waals surface area contributed by atoms with Gasteiger partial charge in [-0.2, -0.15) is 0 Å². The quantitative estimate of drug-likeness (QED) is 0.270. The zero-order valence-corrected chi connectivity index (χ0v) is 23.4. The van der Waals surface area contributed by atoms with Gasteiger partial charge in [-0.15, -0.1) is 0 Å². The van der Waals surface area contributed by atoms with E-state index in [1.54, 1.807) is 0 Å². The number of aromatic nitrogens is 2. The van der Waals surface area contributed by atoms with E-state index in [0.717, 1.165) is 60.7 Å². The van der Waals surface area contributed by atoms with Crippen LogP contribution in [0.4, 0.5) is 11.6 Å². The molecule has 0 radical (unpaired) electrons. The first-order valence-electron chi connectivity index (χ1n) is 12.4. The fourth-order valence-electron chi connectivity index (χ4n) is 5.18. The standard InChI is InChI=1S/C29H39BrN4/c1-8-22-25(15-30)23(9-2)27(17-32-29-14-19(5)12-21(7)34-29)24(10-3)26(22)16-31-28-13-18(4)11-20(6)33-28/h11-14H,8-10,15-17H2,1-7H3,(H,31,33)(H,32,34). The first-order valence-corrected chi connectivity index (χ1v) is 13.5. The van der Waals surface area contributed by atoms with Gasteiger partial charge in [-0.3, -0.25) is 0 Å². The van der Waals surface area contributed by atoms with Gasteiger partial charge in [0, 0.05) is 29.8 Å². The van der Waals surface area contributed by atoms with Gasteiger partial charge in [-0.05, 0) is 116 Å². The fraction of sp³-hybridized carbons (Fsp3) is 0.448. The van der Waals surface area contributed by atoms with Crippen molar-refractivity contribution in [2.24, 2.45) is 0 Å². The zero-order chi connectivity index (χ0) is 24.8. The molecule has 2 N–H and O–H groups in total. The number of alkyl halides is 1. The average Bonchev–Trinajstić information content (AvgIpc) is 2.78. The molecule has 0 saturated carbocycles. The molecule has 4 nitrogen and oxygen atoms in total. The van der Waals surface area contributed by atoms with Gasteiger partial charge in [0.05, 0.1) is 0 Å². The maximum absolute atomic E-state index is 4.71. The third-order valence-electron chi connectivity index (χ3n) is 6.47. The largest absolute Gasteiger partial charge is 0.366 e. The number of aryl methyl sites for hydroxylation is 4. The van der Waals surface area contributed by atoms with Gasteiger partial charge >= 0.3 is 0 Å². The van der Waals surface area contributed by atoms with Crippen LogP contribution >= 0.6 is 15.9 Å². The minimum Gasteiger partial charge on any atom is -0.366 e. The highest BCUT2D eigenvalue weighted by atomic mass is 79.9. The summed E-state index contributed by atoms with van der Waals surface area (Å²) in [6.07, 6.45) is 3.03. The first-order chi connectivity index (χ1) is 16.3. The van der Waals surface area contributed by atoms with E-state index < -0.39 is 0 Å². The molecule has 0 fully saturated rings. The summed E-state index contributed by atoms with van der Waals surface area (Å²) in [6, 6.07) is 8.49. The van der Waals surface area contributed by atoms with Crippen LogP contribution in [0.3, 0.4) is 0 Å². The van der Waals surface area contributed by atoms with Gasteiger partial charge in [0.1, 0.15) is 11.6 Å². The molecule has 2 aromatic heterocycles. The van der Waals surface area contributed by atoms with Crippen LogP contribution in [-0.2, 0) is 37.7 Å². The summed E-state index contributed by atoms with van der Waals surface area (Å²) in [5.74, 6) is 1.89. The number of anilines is 2. The Morgan fingerprint density at radius 3 is 1.29 bits per heavy atom. The Labute approximate surface area is 214 Å². The average molecular weight is 524 g/mol. The van der Waals surface area contributed by atoms with Crippen LogP contribution in [0.2, 0.25) is 0 Å². The van der Waals surface area contributed by atoms with Crippen LogP contribution in [0, 0.1) is 27.7 Å². The number of pyridine rings is 2. The molecule has 182 valence electrons. The van der Waals surface area contributed by atoms with Crippen molar-refractivity contribution in [3.05, 3.63) is 80.2 Å². The highest BCUT2D eigenvalue weighted by Crippen LogP contribution is 2.33. The second-order valence-electron chi connectivity index (χ2n) is 9.11. The van der Waals surface area contributed by atoms with Crippen molar-refractivity contribution in [1.82, 2.24) is 9.97 Å². The van der Waals surface area contributed by atoms with Gasteiger partial charge in [0.2, 0.25) is 0 Å². The van der Waals surface area contributed by atoms with Crippen molar-refractivity contribution in [2.45, 2.75) is 86.1 Å². The van der Waals surface area contributed by atoms with Crippen LogP contribution in [0.15, 0.2) is 24.3 Å². The second-order valence-corrected chi connectivity index (χ2v) is 9.68. The van der Waals surface area contributed by atoms with E-state index in [9.17, 15) is 0 Å². The first kappa shape index (κ1) is 26.2. The number of halogens is 1. The fourth-order valence-corrected chi connectivity index (χ4v) is 5.86. The summed E-state index contributed by atoms with van der Waals surface area (Å²) in [7, 11) is 0. The Morgan fingerprint density at radius 2 is 0.971 bits per heavy atom. The van der Waals surface area contributed by atoms with E-state index in [2.05, 4.69) is 99.3 Å². The van der Waals surface area contributed by atoms with Gasteiger partial charge < -0.3 is 10.6 Å². The van der Waals surface area contributed by atoms with E-state index in [0.29, 0.717) is 0 Å². The SMILES string of the molecule is CCc1c(CBr)c(CC)c(CNc2cc(C)cc(C)n2)c(CC)c1CNc1cc(C)cc(C)n1. The molecule has 0 atom stereocenters. The molecule has 0 spiro atoms. The van der Waals surface area contributed by atoms with Crippen molar-refractivity contribution >= 4 is 27.6 Å². The Morgan fingerprint density at radius 1 is 0.588 bits per heavy atom. The summed E-state index contributed by atoms with van der Waals surface area (Å²) in [5, 5.41) is 8.14. The smallest absolute Gasteiger partial charge is 0.126 e. The van der Waals surface area contributed by atoms with Crippen LogP contribution < -0.4 is 10.6 Å². The molecule has 3 rings (SSSR count). The van der Waals surface area contributed by atoms with E-state index >= 15 is 0 Å². The molecule has 2 heterocycles. The molecular weight excluding hydrogens is 484 g/mol. The Balaban J connectivity index is 2.06. The van der Waals surface area contributed by atoms with Crippen LogP contribution in [-0.4, -0.2) is 9.97 Å². The minimum atomic E-state index is 0.779. The third-order valence-corrected chi connectivity index (χ3v) is 7.03. The van der Waals surface area contributed by atoms with Crippen molar-refractivity contribution in [2.75, 3.05) is 10.6 Å². The molecule has 0 amide bonds. The zero-order valence-electron chi connectivity index (χ0n) is 21.8. The second kappa shape index (κ2) is 11.8. The van der Waals surface area contributed by atoms with Gasteiger partial charge in [-0.25, -0.2) is 9.97 Å². The summed E-state index contributed by atoms with van der Waals surface area (Å²) in [5.41, 5.74) is 13.2. The minimum absolute atomic E-state index is 0.779. The van der Waals surface area contributed by atoms with Crippen LogP contribution in [0.1, 0.15) is 76.7 Å². The van der Waals surface area contributed by atoms with Crippen molar-refractivity contribution in [3.8, 4) is 0 Å². The maximum Gasteiger partial charge on any atom is 0.126 e. The molecule has 0 aliphatic rings. The summed E-state index contributed by atoms with van der Waals surface area (Å²) in [4.78, 5) is 9.42. The summed E-state index contributed by atoms with van der Waals surface area (Å²) < 4.78 is 0. The summed E-state index contributed by atoms with van der Waals surface area (Å²) in [6.45, 7) is 16.7. The Kier molecular flexibility index (Phi) is 9.12. The van der Waals surface area contributed by atoms with Crippen molar-refractivity contribution < 1.29 is 0 Å². The van der Waals surface area contributed by atoms with Crippen LogP contribution in [0.25, 0.3) is 0 Å². The highest BCUT2D eigenvalue weighted by molar-refractivity contribution is 9.08. The topological polar surface area (TPSA) is 49.8 Å². The predicted molar refractivity (Wildman–Crippen MR) is 149 cm³/mol. The number of rotatable bonds is 10. The molecule has 3 aromatic rings. The molecule has 0 bridgehead atoms.